The first-order chi connectivity index (χ1) is 19.0. The molecule has 1 aliphatic rings. The lowest BCUT2D eigenvalue weighted by Crippen LogP contribution is -2.30. The van der Waals surface area contributed by atoms with Gasteiger partial charge in [-0.15, -0.1) is 0 Å². The molecule has 6 rings (SSSR count). The Balaban J connectivity index is 0.000000214. The number of aryl methyl sites for hydroxylation is 1. The number of aromatic nitrogens is 6. The van der Waals surface area contributed by atoms with Crippen LogP contribution >= 0.6 is 23.2 Å². The fourth-order valence-electron chi connectivity index (χ4n) is 4.11. The van der Waals surface area contributed by atoms with E-state index in [1.165, 1.54) is 4.90 Å². The number of H-pyrrole nitrogens is 1. The lowest BCUT2D eigenvalue weighted by Gasteiger charge is -2.13. The molecule has 4 aromatic heterocycles. The van der Waals surface area contributed by atoms with Gasteiger partial charge in [-0.05, 0) is 49.2 Å². The number of amides is 2. The Morgan fingerprint density at radius 1 is 0.744 bits per heavy atom. The highest BCUT2D eigenvalue weighted by Crippen LogP contribution is 2.23. The van der Waals surface area contributed by atoms with Crippen LogP contribution in [-0.4, -0.2) is 52.7 Å². The van der Waals surface area contributed by atoms with Crippen molar-refractivity contribution in [1.29, 1.82) is 0 Å². The second-order valence-electron chi connectivity index (χ2n) is 8.72. The highest BCUT2D eigenvalue weighted by atomic mass is 35.5. The molecule has 5 aromatic rings. The lowest BCUT2D eigenvalue weighted by atomic mass is 10.1. The number of aromatic amines is 1. The molecule has 2 amide bonds. The van der Waals surface area contributed by atoms with E-state index in [9.17, 15) is 9.59 Å². The van der Waals surface area contributed by atoms with Gasteiger partial charge in [0.25, 0.3) is 11.8 Å². The van der Waals surface area contributed by atoms with Crippen molar-refractivity contribution < 1.29 is 9.59 Å². The smallest absolute Gasteiger partial charge is 0.261 e. The second-order valence-corrected chi connectivity index (χ2v) is 9.49. The van der Waals surface area contributed by atoms with Crippen molar-refractivity contribution in [3.05, 3.63) is 107 Å². The maximum Gasteiger partial charge on any atom is 0.261 e. The molecular weight excluding hydrogens is 537 g/mol. The van der Waals surface area contributed by atoms with Gasteiger partial charge < -0.3 is 9.55 Å². The standard InChI is InChI=1S/C20H17ClN4O2.C8H6ClN3/c21-18-8-7-14(11-22-18)17-12-24(13-23-17)9-3-4-10-25-19(26)15-5-1-2-6-16(15)20(25)27;9-8-2-1-6(3-11-8)7-4-10-5-12-7/h1-2,5-8,11-13H,3-4,9-10H2;1-5H,(H,10,12). The van der Waals surface area contributed by atoms with Crippen molar-refractivity contribution in [2.24, 2.45) is 0 Å². The van der Waals surface area contributed by atoms with Crippen LogP contribution in [0.4, 0.5) is 0 Å². The number of imide groups is 1. The molecule has 0 fully saturated rings. The number of nitrogens with zero attached hydrogens (tertiary/aromatic N) is 6. The molecule has 0 unspecified atom stereocenters. The van der Waals surface area contributed by atoms with E-state index in [1.807, 2.05) is 22.9 Å². The minimum Gasteiger partial charge on any atom is -0.345 e. The van der Waals surface area contributed by atoms with Crippen LogP contribution < -0.4 is 0 Å². The molecule has 0 atom stereocenters. The Morgan fingerprint density at radius 2 is 1.38 bits per heavy atom. The Bertz CT molecular complexity index is 1530. The third-order valence-corrected chi connectivity index (χ3v) is 6.57. The zero-order valence-electron chi connectivity index (χ0n) is 20.7. The number of hydrogen-bond donors (Lipinski definition) is 1. The number of rotatable bonds is 7. The normalized spacial score (nSPS) is 12.3. The summed E-state index contributed by atoms with van der Waals surface area (Å²) < 4.78 is 1.99. The monoisotopic (exact) mass is 559 g/mol. The van der Waals surface area contributed by atoms with Crippen LogP contribution in [0.15, 0.2) is 86.0 Å². The summed E-state index contributed by atoms with van der Waals surface area (Å²) in [6, 6.07) is 14.2. The fourth-order valence-corrected chi connectivity index (χ4v) is 4.34. The molecule has 0 saturated heterocycles. The van der Waals surface area contributed by atoms with Crippen molar-refractivity contribution in [3.8, 4) is 22.5 Å². The maximum atomic E-state index is 12.3. The van der Waals surface area contributed by atoms with E-state index in [4.69, 9.17) is 23.2 Å². The predicted molar refractivity (Wildman–Crippen MR) is 148 cm³/mol. The van der Waals surface area contributed by atoms with E-state index in [0.717, 1.165) is 41.9 Å². The average Bonchev–Trinajstić information content (AvgIpc) is 3.71. The largest absolute Gasteiger partial charge is 0.345 e. The van der Waals surface area contributed by atoms with Gasteiger partial charge in [0.05, 0.1) is 41.4 Å². The topological polar surface area (TPSA) is 110 Å². The highest BCUT2D eigenvalue weighted by Gasteiger charge is 2.34. The van der Waals surface area contributed by atoms with E-state index in [-0.39, 0.29) is 11.8 Å². The van der Waals surface area contributed by atoms with Gasteiger partial charge in [-0.2, -0.15) is 0 Å². The van der Waals surface area contributed by atoms with E-state index in [2.05, 4.69) is 24.9 Å². The molecule has 0 radical (unpaired) electrons. The van der Waals surface area contributed by atoms with Gasteiger partial charge in [-0.25, -0.2) is 19.9 Å². The molecule has 11 heteroatoms. The zero-order valence-corrected chi connectivity index (χ0v) is 22.2. The average molecular weight is 560 g/mol. The van der Waals surface area contributed by atoms with Gasteiger partial charge in [0.2, 0.25) is 0 Å². The Morgan fingerprint density at radius 3 is 1.97 bits per heavy atom. The van der Waals surface area contributed by atoms with E-state index < -0.39 is 0 Å². The maximum absolute atomic E-state index is 12.3. The van der Waals surface area contributed by atoms with Crippen molar-refractivity contribution in [3.63, 3.8) is 0 Å². The van der Waals surface area contributed by atoms with Gasteiger partial charge in [0.15, 0.2) is 0 Å². The van der Waals surface area contributed by atoms with E-state index in [1.54, 1.807) is 67.6 Å². The molecule has 0 aliphatic carbocycles. The predicted octanol–water partition coefficient (Wildman–Crippen LogP) is 5.80. The first kappa shape index (κ1) is 26.3. The summed E-state index contributed by atoms with van der Waals surface area (Å²) >= 11 is 11.4. The summed E-state index contributed by atoms with van der Waals surface area (Å²) in [4.78, 5) is 45.3. The van der Waals surface area contributed by atoms with Crippen LogP contribution in [-0.2, 0) is 6.54 Å². The quantitative estimate of drug-likeness (QED) is 0.153. The van der Waals surface area contributed by atoms with Crippen LogP contribution in [0.5, 0.6) is 0 Å². The Kier molecular flexibility index (Phi) is 8.10. The van der Waals surface area contributed by atoms with Crippen LogP contribution in [0.3, 0.4) is 0 Å². The highest BCUT2D eigenvalue weighted by molar-refractivity contribution is 6.29. The number of carbonyl (C=O) groups is 2. The third-order valence-electron chi connectivity index (χ3n) is 6.12. The lowest BCUT2D eigenvalue weighted by molar-refractivity contribution is 0.0651. The molecule has 1 aliphatic heterocycles. The summed E-state index contributed by atoms with van der Waals surface area (Å²) in [7, 11) is 0. The number of carbonyl (C=O) groups excluding carboxylic acids is 2. The van der Waals surface area contributed by atoms with Crippen molar-refractivity contribution in [2.45, 2.75) is 19.4 Å². The van der Waals surface area contributed by atoms with Crippen molar-refractivity contribution in [1.82, 2.24) is 34.4 Å². The summed E-state index contributed by atoms with van der Waals surface area (Å²) in [5, 5.41) is 0.949. The molecule has 5 heterocycles. The third kappa shape index (κ3) is 6.22. The number of hydrogen-bond acceptors (Lipinski definition) is 6. The molecule has 1 N–H and O–H groups in total. The number of unbranched alkanes of at least 4 members (excludes halogenated alkanes) is 1. The number of halogens is 2. The second kappa shape index (κ2) is 12.0. The van der Waals surface area contributed by atoms with Crippen molar-refractivity contribution >= 4 is 35.0 Å². The molecule has 39 heavy (non-hydrogen) atoms. The van der Waals surface area contributed by atoms with Crippen LogP contribution in [0.25, 0.3) is 22.5 Å². The number of pyridine rings is 2. The summed E-state index contributed by atoms with van der Waals surface area (Å²) in [5.74, 6) is -0.397. The Labute approximate surface area is 234 Å². The van der Waals surface area contributed by atoms with Gasteiger partial charge in [-0.3, -0.25) is 14.5 Å². The first-order valence-corrected chi connectivity index (χ1v) is 12.9. The summed E-state index contributed by atoms with van der Waals surface area (Å²) in [5.41, 5.74) is 4.66. The van der Waals surface area contributed by atoms with Gasteiger partial charge in [-0.1, -0.05) is 35.3 Å². The minimum absolute atomic E-state index is 0.198. The molecule has 9 nitrogen and oxygen atoms in total. The van der Waals surface area contributed by atoms with Gasteiger partial charge >= 0.3 is 0 Å². The number of nitrogens with one attached hydrogen (secondary N) is 1. The molecule has 196 valence electrons. The van der Waals surface area contributed by atoms with Gasteiger partial charge in [0.1, 0.15) is 10.3 Å². The first-order valence-electron chi connectivity index (χ1n) is 12.2. The molecule has 0 saturated carbocycles. The fraction of sp³-hybridized carbons (Fsp3) is 0.143. The van der Waals surface area contributed by atoms with Crippen LogP contribution in [0.2, 0.25) is 10.3 Å². The molecule has 0 bridgehead atoms. The van der Waals surface area contributed by atoms with Crippen LogP contribution in [0.1, 0.15) is 33.6 Å². The zero-order chi connectivity index (χ0) is 27.2. The van der Waals surface area contributed by atoms with Crippen LogP contribution in [0, 0.1) is 0 Å². The van der Waals surface area contributed by atoms with Gasteiger partial charge in [0, 0.05) is 42.8 Å². The van der Waals surface area contributed by atoms with E-state index >= 15 is 0 Å². The van der Waals surface area contributed by atoms with E-state index in [0.29, 0.717) is 28.0 Å². The molecular formula is C28H23Cl2N7O2. The molecule has 1 aromatic carbocycles. The number of benzene rings is 1. The van der Waals surface area contributed by atoms with Crippen molar-refractivity contribution in [2.75, 3.05) is 6.54 Å². The summed E-state index contributed by atoms with van der Waals surface area (Å²) in [6.07, 6.45) is 12.1. The SMILES string of the molecule is Clc1ccc(-c2cnc[nH]2)cn1.O=C1c2ccccc2C(=O)N1CCCCn1cnc(-c2ccc(Cl)nc2)c1. The molecule has 0 spiro atoms. The number of fused-ring (bicyclic) bond motifs is 1. The summed E-state index contributed by atoms with van der Waals surface area (Å²) in [6.45, 7) is 1.19. The number of imidazole rings is 2. The minimum atomic E-state index is -0.198. The Hall–Kier alpha value is -4.34.